The molecule has 188 valence electrons. The Balaban J connectivity index is 1.34. The van der Waals surface area contributed by atoms with Crippen LogP contribution in [0.5, 0.6) is 0 Å². The third kappa shape index (κ3) is 5.16. The number of hydrogen-bond acceptors (Lipinski definition) is 10. The molecule has 1 fully saturated rings. The lowest BCUT2D eigenvalue weighted by atomic mass is 10.2. The molecule has 1 unspecified atom stereocenters. The van der Waals surface area contributed by atoms with Gasteiger partial charge in [0.15, 0.2) is 5.65 Å². The molecule has 0 saturated heterocycles. The van der Waals surface area contributed by atoms with E-state index in [0.717, 1.165) is 26.7 Å². The summed E-state index contributed by atoms with van der Waals surface area (Å²) in [5.41, 5.74) is 2.45. The normalized spacial score (nSPS) is 18.1. The number of anilines is 1. The van der Waals surface area contributed by atoms with E-state index in [4.69, 9.17) is 10.4 Å². The Kier molecular flexibility index (Phi) is 7.10. The average Bonchev–Trinajstić information content (AvgIpc) is 3.59. The highest BCUT2D eigenvalue weighted by Gasteiger charge is 2.34. The van der Waals surface area contributed by atoms with Crippen LogP contribution in [-0.4, -0.2) is 62.4 Å². The van der Waals surface area contributed by atoms with Crippen molar-refractivity contribution in [3.05, 3.63) is 40.1 Å². The molecule has 3 N–H and O–H groups in total. The van der Waals surface area contributed by atoms with Crippen molar-refractivity contribution >= 4 is 60.5 Å². The molecule has 1 aliphatic carbocycles. The number of nitrogens with zero attached hydrogens (tertiary/aromatic N) is 6. The molecule has 1 aromatic carbocycles. The monoisotopic (exact) mass is 589 g/mol. The number of fused-ring (bicyclic) bond motifs is 1. The standard InChI is InChI=1S/C22H24BrN9O2S2/c1-13-29-30-21(35-13)14-3-6-16(7-4-14)32-20-18(19(23)31-32)12-25-22(28-20)27-15-5-8-17(11-15)36(33,34)26-10-2-9-24/h3-4,6-7,9,12,15,17,24,26H,2,5,8,10-11H2,1H3,(H,25,27,28)/t15-,17?/m1/s1. The van der Waals surface area contributed by atoms with Crippen LogP contribution in [0.4, 0.5) is 5.95 Å². The molecule has 36 heavy (non-hydrogen) atoms. The van der Waals surface area contributed by atoms with Gasteiger partial charge in [-0.05, 0) is 79.0 Å². The molecule has 3 heterocycles. The van der Waals surface area contributed by atoms with Crippen LogP contribution < -0.4 is 10.0 Å². The largest absolute Gasteiger partial charge is 0.351 e. The molecule has 4 aromatic rings. The summed E-state index contributed by atoms with van der Waals surface area (Å²) < 4.78 is 30.0. The Morgan fingerprint density at radius 3 is 2.78 bits per heavy atom. The van der Waals surface area contributed by atoms with Gasteiger partial charge in [0.2, 0.25) is 16.0 Å². The van der Waals surface area contributed by atoms with Gasteiger partial charge in [0.05, 0.1) is 16.3 Å². The number of benzene rings is 1. The van der Waals surface area contributed by atoms with Crippen molar-refractivity contribution in [2.75, 3.05) is 11.9 Å². The Bertz CT molecular complexity index is 1500. The van der Waals surface area contributed by atoms with Gasteiger partial charge in [-0.2, -0.15) is 10.1 Å². The Morgan fingerprint density at radius 2 is 2.06 bits per heavy atom. The summed E-state index contributed by atoms with van der Waals surface area (Å²) >= 11 is 5.04. The van der Waals surface area contributed by atoms with Crippen molar-refractivity contribution in [1.29, 1.82) is 5.41 Å². The topological polar surface area (TPSA) is 151 Å². The first-order valence-corrected chi connectivity index (χ1v) is 14.6. The summed E-state index contributed by atoms with van der Waals surface area (Å²) in [6, 6.07) is 7.82. The molecular weight excluding hydrogens is 566 g/mol. The number of hydrogen-bond donors (Lipinski definition) is 3. The van der Waals surface area contributed by atoms with Crippen molar-refractivity contribution in [2.24, 2.45) is 0 Å². The Morgan fingerprint density at radius 1 is 1.25 bits per heavy atom. The van der Waals surface area contributed by atoms with Crippen molar-refractivity contribution in [3.8, 4) is 16.3 Å². The third-order valence-corrected chi connectivity index (χ3v) is 9.40. The van der Waals surface area contributed by atoms with E-state index in [1.165, 1.54) is 6.21 Å². The zero-order valence-corrected chi connectivity index (χ0v) is 22.6. The fourth-order valence-electron chi connectivity index (χ4n) is 4.20. The predicted octanol–water partition coefficient (Wildman–Crippen LogP) is 3.70. The van der Waals surface area contributed by atoms with Crippen molar-refractivity contribution in [1.82, 2.24) is 34.7 Å². The first kappa shape index (κ1) is 24.9. The summed E-state index contributed by atoms with van der Waals surface area (Å²) in [6.45, 7) is 2.18. The van der Waals surface area contributed by atoms with E-state index in [1.807, 2.05) is 31.2 Å². The average molecular weight is 591 g/mol. The number of nitrogens with one attached hydrogen (secondary N) is 3. The zero-order chi connectivity index (χ0) is 25.3. The molecule has 0 bridgehead atoms. The third-order valence-electron chi connectivity index (χ3n) is 6.01. The second-order valence-corrected chi connectivity index (χ2v) is 12.5. The second-order valence-electron chi connectivity index (χ2n) is 8.52. The van der Waals surface area contributed by atoms with Gasteiger partial charge in [0.1, 0.15) is 14.6 Å². The number of sulfonamides is 1. The van der Waals surface area contributed by atoms with E-state index in [2.05, 4.69) is 46.2 Å². The van der Waals surface area contributed by atoms with Gasteiger partial charge in [-0.1, -0.05) is 11.3 Å². The van der Waals surface area contributed by atoms with Crippen LogP contribution in [-0.2, 0) is 10.0 Å². The van der Waals surface area contributed by atoms with Gasteiger partial charge < -0.3 is 10.7 Å². The molecule has 0 aliphatic heterocycles. The lowest BCUT2D eigenvalue weighted by molar-refractivity contribution is 0.565. The van der Waals surface area contributed by atoms with Gasteiger partial charge in [-0.3, -0.25) is 0 Å². The summed E-state index contributed by atoms with van der Waals surface area (Å²) in [4.78, 5) is 9.14. The van der Waals surface area contributed by atoms with E-state index >= 15 is 0 Å². The molecule has 14 heteroatoms. The minimum Gasteiger partial charge on any atom is -0.351 e. The molecule has 5 rings (SSSR count). The van der Waals surface area contributed by atoms with Crippen LogP contribution in [0.3, 0.4) is 0 Å². The highest BCUT2D eigenvalue weighted by atomic mass is 79.9. The number of aromatic nitrogens is 6. The van der Waals surface area contributed by atoms with E-state index in [0.29, 0.717) is 41.9 Å². The van der Waals surface area contributed by atoms with Crippen LogP contribution in [0.1, 0.15) is 30.7 Å². The number of halogens is 1. The summed E-state index contributed by atoms with van der Waals surface area (Å²) in [5, 5.41) is 25.3. The SMILES string of the molecule is Cc1nnc(-c2ccc(-n3nc(Br)c4cnc(N[C@@H]5CCC(S(=O)(=O)NCCC=N)C5)nc43)cc2)s1. The van der Waals surface area contributed by atoms with E-state index in [-0.39, 0.29) is 12.6 Å². The smallest absolute Gasteiger partial charge is 0.224 e. The minimum atomic E-state index is -3.42. The van der Waals surface area contributed by atoms with Gasteiger partial charge in [0, 0.05) is 24.3 Å². The highest BCUT2D eigenvalue weighted by Crippen LogP contribution is 2.30. The maximum absolute atomic E-state index is 12.5. The molecule has 0 spiro atoms. The van der Waals surface area contributed by atoms with Crippen LogP contribution in [0.25, 0.3) is 27.3 Å². The summed E-state index contributed by atoms with van der Waals surface area (Å²) in [7, 11) is -3.42. The summed E-state index contributed by atoms with van der Waals surface area (Å²) in [5.74, 6) is 0.428. The number of rotatable bonds is 9. The molecule has 0 radical (unpaired) electrons. The van der Waals surface area contributed by atoms with E-state index in [1.54, 1.807) is 22.2 Å². The fraction of sp³-hybridized carbons (Fsp3) is 0.364. The van der Waals surface area contributed by atoms with Crippen LogP contribution >= 0.6 is 27.3 Å². The first-order valence-electron chi connectivity index (χ1n) is 11.4. The zero-order valence-electron chi connectivity index (χ0n) is 19.3. The molecular formula is C22H24BrN9O2S2. The lowest BCUT2D eigenvalue weighted by Gasteiger charge is -2.14. The molecule has 1 saturated carbocycles. The predicted molar refractivity (Wildman–Crippen MR) is 143 cm³/mol. The Hall–Kier alpha value is -2.81. The van der Waals surface area contributed by atoms with Gasteiger partial charge in [0.25, 0.3) is 0 Å². The number of aryl methyl sites for hydroxylation is 1. The minimum absolute atomic E-state index is 0.0544. The molecule has 1 aliphatic rings. The second kappa shape index (κ2) is 10.3. The van der Waals surface area contributed by atoms with E-state index < -0.39 is 15.3 Å². The van der Waals surface area contributed by atoms with Crippen molar-refractivity contribution in [2.45, 2.75) is 43.9 Å². The lowest BCUT2D eigenvalue weighted by Crippen LogP contribution is -2.34. The molecule has 3 aromatic heterocycles. The van der Waals surface area contributed by atoms with Crippen LogP contribution in [0, 0.1) is 12.3 Å². The maximum Gasteiger partial charge on any atom is 0.224 e. The molecule has 0 amide bonds. The highest BCUT2D eigenvalue weighted by molar-refractivity contribution is 9.10. The quantitative estimate of drug-likeness (QED) is 0.197. The Labute approximate surface area is 220 Å². The van der Waals surface area contributed by atoms with Crippen molar-refractivity contribution < 1.29 is 8.42 Å². The van der Waals surface area contributed by atoms with Crippen LogP contribution in [0.15, 0.2) is 35.1 Å². The van der Waals surface area contributed by atoms with E-state index in [9.17, 15) is 8.42 Å². The van der Waals surface area contributed by atoms with Crippen LogP contribution in [0.2, 0.25) is 0 Å². The summed E-state index contributed by atoms with van der Waals surface area (Å²) in [6.07, 6.45) is 5.02. The van der Waals surface area contributed by atoms with Gasteiger partial charge in [-0.15, -0.1) is 10.2 Å². The van der Waals surface area contributed by atoms with Gasteiger partial charge in [-0.25, -0.2) is 22.8 Å². The van der Waals surface area contributed by atoms with Crippen molar-refractivity contribution in [3.63, 3.8) is 0 Å². The first-order chi connectivity index (χ1) is 17.3. The fourth-order valence-corrected chi connectivity index (χ4v) is 6.91. The van der Waals surface area contributed by atoms with Gasteiger partial charge >= 0.3 is 0 Å². The maximum atomic E-state index is 12.5. The molecule has 2 atom stereocenters. The molecule has 11 nitrogen and oxygen atoms in total.